The molecule has 0 saturated heterocycles. The SMILES string of the molecule is NC1(CC(=O)Nc2cccc(Cl)n2)CCCC1. The lowest BCUT2D eigenvalue weighted by Crippen LogP contribution is -2.40. The van der Waals surface area contributed by atoms with E-state index in [1.54, 1.807) is 18.2 Å². The number of hydrogen-bond acceptors (Lipinski definition) is 3. The van der Waals surface area contributed by atoms with E-state index >= 15 is 0 Å². The minimum Gasteiger partial charge on any atom is -0.325 e. The maximum Gasteiger partial charge on any atom is 0.227 e. The van der Waals surface area contributed by atoms with Gasteiger partial charge in [0.15, 0.2) is 0 Å². The lowest BCUT2D eigenvalue weighted by atomic mass is 9.94. The van der Waals surface area contributed by atoms with Gasteiger partial charge in [-0.1, -0.05) is 30.5 Å². The molecule has 5 heteroatoms. The number of amides is 1. The number of pyridine rings is 1. The Balaban J connectivity index is 1.93. The van der Waals surface area contributed by atoms with Crippen LogP contribution in [0.2, 0.25) is 5.15 Å². The Kier molecular flexibility index (Phi) is 3.64. The van der Waals surface area contributed by atoms with Crippen molar-refractivity contribution in [1.29, 1.82) is 0 Å². The monoisotopic (exact) mass is 253 g/mol. The smallest absolute Gasteiger partial charge is 0.227 e. The average Bonchev–Trinajstić information content (AvgIpc) is 2.64. The molecule has 1 heterocycles. The number of hydrogen-bond donors (Lipinski definition) is 2. The number of nitrogens with two attached hydrogens (primary N) is 1. The van der Waals surface area contributed by atoms with Gasteiger partial charge in [-0.15, -0.1) is 0 Å². The van der Waals surface area contributed by atoms with Gasteiger partial charge in [0.25, 0.3) is 0 Å². The standard InChI is InChI=1S/C12H16ClN3O/c13-9-4-3-5-10(15-9)16-11(17)8-12(14)6-1-2-7-12/h3-5H,1-2,6-8,14H2,(H,15,16,17). The molecule has 4 nitrogen and oxygen atoms in total. The summed E-state index contributed by atoms with van der Waals surface area (Å²) in [6.45, 7) is 0. The third-order valence-corrected chi connectivity index (χ3v) is 3.31. The van der Waals surface area contributed by atoms with Crippen molar-refractivity contribution in [2.45, 2.75) is 37.6 Å². The van der Waals surface area contributed by atoms with Crippen LogP contribution in [-0.4, -0.2) is 16.4 Å². The summed E-state index contributed by atoms with van der Waals surface area (Å²) < 4.78 is 0. The molecule has 1 aliphatic carbocycles. The van der Waals surface area contributed by atoms with E-state index in [2.05, 4.69) is 10.3 Å². The normalized spacial score (nSPS) is 18.0. The van der Waals surface area contributed by atoms with Gasteiger partial charge >= 0.3 is 0 Å². The van der Waals surface area contributed by atoms with Gasteiger partial charge in [0.1, 0.15) is 11.0 Å². The van der Waals surface area contributed by atoms with Crippen LogP contribution in [0.1, 0.15) is 32.1 Å². The number of nitrogens with zero attached hydrogens (tertiary/aromatic N) is 1. The van der Waals surface area contributed by atoms with Crippen LogP contribution in [0.15, 0.2) is 18.2 Å². The summed E-state index contributed by atoms with van der Waals surface area (Å²) in [4.78, 5) is 15.8. The van der Waals surface area contributed by atoms with Gasteiger partial charge in [-0.2, -0.15) is 0 Å². The van der Waals surface area contributed by atoms with E-state index < -0.39 is 0 Å². The predicted molar refractivity (Wildman–Crippen MR) is 67.9 cm³/mol. The maximum absolute atomic E-state index is 11.8. The molecule has 0 spiro atoms. The van der Waals surface area contributed by atoms with Gasteiger partial charge in [-0.3, -0.25) is 4.79 Å². The number of rotatable bonds is 3. The highest BCUT2D eigenvalue weighted by Gasteiger charge is 2.31. The topological polar surface area (TPSA) is 68.0 Å². The average molecular weight is 254 g/mol. The molecule has 1 aromatic rings. The van der Waals surface area contributed by atoms with Gasteiger partial charge < -0.3 is 11.1 Å². The molecule has 1 amide bonds. The van der Waals surface area contributed by atoms with Gasteiger partial charge in [-0.05, 0) is 25.0 Å². The highest BCUT2D eigenvalue weighted by molar-refractivity contribution is 6.29. The number of nitrogens with one attached hydrogen (secondary N) is 1. The van der Waals surface area contributed by atoms with E-state index in [4.69, 9.17) is 17.3 Å². The predicted octanol–water partition coefficient (Wildman–Crippen LogP) is 2.34. The molecule has 0 radical (unpaired) electrons. The summed E-state index contributed by atoms with van der Waals surface area (Å²) in [5, 5.41) is 3.09. The van der Waals surface area contributed by atoms with Crippen LogP contribution in [0, 0.1) is 0 Å². The fraction of sp³-hybridized carbons (Fsp3) is 0.500. The summed E-state index contributed by atoms with van der Waals surface area (Å²) in [5.74, 6) is 0.383. The Bertz CT molecular complexity index is 416. The van der Waals surface area contributed by atoms with E-state index in [9.17, 15) is 4.79 Å². The second-order valence-corrected chi connectivity index (χ2v) is 5.03. The van der Waals surface area contributed by atoms with Crippen molar-refractivity contribution in [2.24, 2.45) is 5.73 Å². The first kappa shape index (κ1) is 12.3. The zero-order valence-electron chi connectivity index (χ0n) is 9.58. The molecule has 92 valence electrons. The van der Waals surface area contributed by atoms with E-state index in [-0.39, 0.29) is 11.4 Å². The van der Waals surface area contributed by atoms with E-state index in [0.717, 1.165) is 25.7 Å². The van der Waals surface area contributed by atoms with Gasteiger partial charge in [0.05, 0.1) is 0 Å². The van der Waals surface area contributed by atoms with Crippen molar-refractivity contribution < 1.29 is 4.79 Å². The first-order chi connectivity index (χ1) is 8.07. The number of aromatic nitrogens is 1. The Labute approximate surface area is 106 Å². The van der Waals surface area contributed by atoms with Gasteiger partial charge in [-0.25, -0.2) is 4.98 Å². The number of anilines is 1. The largest absolute Gasteiger partial charge is 0.325 e. The van der Waals surface area contributed by atoms with Crippen LogP contribution in [0.3, 0.4) is 0 Å². The molecule has 0 aliphatic heterocycles. The molecule has 2 rings (SSSR count). The van der Waals surface area contributed by atoms with Gasteiger partial charge in [0.2, 0.25) is 5.91 Å². The molecule has 0 atom stereocenters. The summed E-state index contributed by atoms with van der Waals surface area (Å²) in [6, 6.07) is 5.12. The molecule has 0 bridgehead atoms. The van der Waals surface area contributed by atoms with E-state index in [1.165, 1.54) is 0 Å². The minimum absolute atomic E-state index is 0.0934. The molecular weight excluding hydrogens is 238 g/mol. The zero-order chi connectivity index (χ0) is 12.3. The third-order valence-electron chi connectivity index (χ3n) is 3.09. The highest BCUT2D eigenvalue weighted by atomic mass is 35.5. The Morgan fingerprint density at radius 2 is 2.18 bits per heavy atom. The molecular formula is C12H16ClN3O. The highest BCUT2D eigenvalue weighted by Crippen LogP contribution is 2.30. The van der Waals surface area contributed by atoms with Crippen LogP contribution in [-0.2, 0) is 4.79 Å². The summed E-state index contributed by atoms with van der Waals surface area (Å²) in [5.41, 5.74) is 5.81. The third kappa shape index (κ3) is 3.41. The molecule has 1 saturated carbocycles. The Morgan fingerprint density at radius 1 is 1.47 bits per heavy atom. The van der Waals surface area contributed by atoms with Crippen LogP contribution < -0.4 is 11.1 Å². The van der Waals surface area contributed by atoms with Gasteiger partial charge in [0, 0.05) is 12.0 Å². The maximum atomic E-state index is 11.8. The van der Waals surface area contributed by atoms with Crippen molar-refractivity contribution in [3.8, 4) is 0 Å². The van der Waals surface area contributed by atoms with Crippen molar-refractivity contribution in [3.05, 3.63) is 23.4 Å². The van der Waals surface area contributed by atoms with Crippen LogP contribution in [0.5, 0.6) is 0 Å². The van der Waals surface area contributed by atoms with Crippen LogP contribution >= 0.6 is 11.6 Å². The number of halogens is 1. The lowest BCUT2D eigenvalue weighted by Gasteiger charge is -2.22. The second-order valence-electron chi connectivity index (χ2n) is 4.64. The first-order valence-electron chi connectivity index (χ1n) is 5.79. The van der Waals surface area contributed by atoms with Crippen molar-refractivity contribution >= 4 is 23.3 Å². The fourth-order valence-corrected chi connectivity index (χ4v) is 2.40. The summed E-state index contributed by atoms with van der Waals surface area (Å²) in [6.07, 6.45) is 4.41. The van der Waals surface area contributed by atoms with E-state index in [1.807, 2.05) is 0 Å². The molecule has 17 heavy (non-hydrogen) atoms. The minimum atomic E-state index is -0.331. The molecule has 1 aromatic heterocycles. The molecule has 0 unspecified atom stereocenters. The first-order valence-corrected chi connectivity index (χ1v) is 6.17. The molecule has 1 fully saturated rings. The van der Waals surface area contributed by atoms with Crippen LogP contribution in [0.25, 0.3) is 0 Å². The second kappa shape index (κ2) is 5.02. The van der Waals surface area contributed by atoms with Crippen LogP contribution in [0.4, 0.5) is 5.82 Å². The summed E-state index contributed by atoms with van der Waals surface area (Å²) >= 11 is 5.74. The van der Waals surface area contributed by atoms with E-state index in [0.29, 0.717) is 17.4 Å². The Hall–Kier alpha value is -1.13. The number of carbonyl (C=O) groups excluding carboxylic acids is 1. The summed E-state index contributed by atoms with van der Waals surface area (Å²) in [7, 11) is 0. The van der Waals surface area contributed by atoms with Crippen molar-refractivity contribution in [3.63, 3.8) is 0 Å². The molecule has 3 N–H and O–H groups in total. The quantitative estimate of drug-likeness (QED) is 0.813. The fourth-order valence-electron chi connectivity index (χ4n) is 2.24. The molecule has 1 aliphatic rings. The number of carbonyl (C=O) groups is 1. The van der Waals surface area contributed by atoms with Crippen molar-refractivity contribution in [2.75, 3.05) is 5.32 Å². The van der Waals surface area contributed by atoms with Crippen molar-refractivity contribution in [1.82, 2.24) is 4.98 Å². The molecule has 0 aromatic carbocycles. The lowest BCUT2D eigenvalue weighted by molar-refractivity contribution is -0.117. The zero-order valence-corrected chi connectivity index (χ0v) is 10.3. The Morgan fingerprint density at radius 3 is 2.82 bits per heavy atom.